The van der Waals surface area contributed by atoms with Crippen molar-refractivity contribution in [2.24, 2.45) is 11.1 Å². The molecular weight excluding hydrogens is 290 g/mol. The maximum atomic E-state index is 12.5. The van der Waals surface area contributed by atoms with E-state index >= 15 is 0 Å². The molecule has 1 saturated heterocycles. The van der Waals surface area contributed by atoms with Crippen LogP contribution in [0.2, 0.25) is 0 Å². The minimum Gasteiger partial charge on any atom is -0.497 e. The zero-order valence-corrected chi connectivity index (χ0v) is 14.7. The summed E-state index contributed by atoms with van der Waals surface area (Å²) < 4.78 is 5.15. The van der Waals surface area contributed by atoms with Gasteiger partial charge in [-0.3, -0.25) is 9.69 Å². The number of amides is 1. The molecule has 0 spiro atoms. The highest BCUT2D eigenvalue weighted by molar-refractivity contribution is 5.78. The van der Waals surface area contributed by atoms with E-state index in [1.165, 1.54) is 0 Å². The van der Waals surface area contributed by atoms with Crippen LogP contribution >= 0.6 is 0 Å². The predicted octanol–water partition coefficient (Wildman–Crippen LogP) is 1.71. The summed E-state index contributed by atoms with van der Waals surface area (Å²) >= 11 is 0. The molecular formula is C18H29N3O2. The number of carbonyl (C=O) groups excluding carboxylic acids is 1. The minimum atomic E-state index is 0.0626. The van der Waals surface area contributed by atoms with E-state index in [2.05, 4.69) is 18.7 Å². The average Bonchev–Trinajstić information content (AvgIpc) is 2.51. The van der Waals surface area contributed by atoms with Gasteiger partial charge in [-0.05, 0) is 29.5 Å². The molecule has 1 heterocycles. The van der Waals surface area contributed by atoms with Crippen molar-refractivity contribution in [2.45, 2.75) is 32.9 Å². The van der Waals surface area contributed by atoms with Crippen LogP contribution in [0.5, 0.6) is 5.75 Å². The molecule has 5 heteroatoms. The molecule has 0 radical (unpaired) electrons. The third-order valence-corrected chi connectivity index (χ3v) is 4.75. The fourth-order valence-electron chi connectivity index (χ4n) is 3.02. The van der Waals surface area contributed by atoms with Gasteiger partial charge in [0, 0.05) is 32.7 Å². The quantitative estimate of drug-likeness (QED) is 0.898. The summed E-state index contributed by atoms with van der Waals surface area (Å²) in [5, 5.41) is 0. The minimum absolute atomic E-state index is 0.0626. The van der Waals surface area contributed by atoms with Crippen LogP contribution in [0.3, 0.4) is 0 Å². The first-order chi connectivity index (χ1) is 10.8. The molecule has 128 valence electrons. The van der Waals surface area contributed by atoms with Crippen LogP contribution in [0.1, 0.15) is 25.8 Å². The van der Waals surface area contributed by atoms with Crippen LogP contribution < -0.4 is 10.5 Å². The number of nitrogens with zero attached hydrogens (tertiary/aromatic N) is 2. The summed E-state index contributed by atoms with van der Waals surface area (Å²) in [6.07, 6.45) is 0.947. The highest BCUT2D eigenvalue weighted by Gasteiger charge is 2.34. The predicted molar refractivity (Wildman–Crippen MR) is 92.3 cm³/mol. The summed E-state index contributed by atoms with van der Waals surface area (Å²) in [6.45, 7) is 7.19. The van der Waals surface area contributed by atoms with E-state index < -0.39 is 0 Å². The maximum Gasteiger partial charge on any atom is 0.236 e. The van der Waals surface area contributed by atoms with Gasteiger partial charge in [0.1, 0.15) is 5.75 Å². The highest BCUT2D eigenvalue weighted by Crippen LogP contribution is 2.27. The number of likely N-dealkylation sites (N-methyl/N-ethyl adjacent to an activating group) is 1. The SMILES string of the molecule is COc1ccc(CN(C)C(=O)CN2CCC(N)C(C)(C)C2)cc1. The number of hydrogen-bond acceptors (Lipinski definition) is 4. The standard InChI is InChI=1S/C18H29N3O2/c1-18(2)13-21(10-9-16(18)19)12-17(22)20(3)11-14-5-7-15(23-4)8-6-14/h5-8,16H,9-13,19H2,1-4H3. The summed E-state index contributed by atoms with van der Waals surface area (Å²) in [5.74, 6) is 0.974. The lowest BCUT2D eigenvalue weighted by Crippen LogP contribution is -2.54. The highest BCUT2D eigenvalue weighted by atomic mass is 16.5. The second-order valence-corrected chi connectivity index (χ2v) is 7.19. The molecule has 1 unspecified atom stereocenters. The Hall–Kier alpha value is -1.59. The Kier molecular flexibility index (Phi) is 5.65. The summed E-state index contributed by atoms with van der Waals surface area (Å²) in [6, 6.07) is 8.03. The lowest BCUT2D eigenvalue weighted by molar-refractivity contribution is -0.132. The molecule has 1 atom stereocenters. The van der Waals surface area contributed by atoms with Crippen molar-refractivity contribution in [1.82, 2.24) is 9.80 Å². The van der Waals surface area contributed by atoms with Crippen LogP contribution in [0, 0.1) is 5.41 Å². The van der Waals surface area contributed by atoms with E-state index in [1.54, 1.807) is 12.0 Å². The molecule has 5 nitrogen and oxygen atoms in total. The molecule has 1 aromatic carbocycles. The van der Waals surface area contributed by atoms with Crippen LogP contribution in [-0.4, -0.2) is 55.5 Å². The zero-order valence-electron chi connectivity index (χ0n) is 14.7. The van der Waals surface area contributed by atoms with Crippen LogP contribution in [0.25, 0.3) is 0 Å². The van der Waals surface area contributed by atoms with Crippen molar-refractivity contribution in [1.29, 1.82) is 0 Å². The Bertz CT molecular complexity index is 528. The number of ether oxygens (including phenoxy) is 1. The Morgan fingerprint density at radius 1 is 1.39 bits per heavy atom. The molecule has 1 fully saturated rings. The molecule has 1 amide bonds. The maximum absolute atomic E-state index is 12.5. The van der Waals surface area contributed by atoms with E-state index in [-0.39, 0.29) is 17.4 Å². The summed E-state index contributed by atoms with van der Waals surface area (Å²) in [7, 11) is 3.50. The van der Waals surface area contributed by atoms with Gasteiger partial charge in [-0.25, -0.2) is 0 Å². The lowest BCUT2D eigenvalue weighted by Gasteiger charge is -2.42. The van der Waals surface area contributed by atoms with Gasteiger partial charge in [0.2, 0.25) is 5.91 Å². The molecule has 1 aliphatic heterocycles. The first-order valence-electron chi connectivity index (χ1n) is 8.16. The molecule has 1 aliphatic rings. The second-order valence-electron chi connectivity index (χ2n) is 7.19. The van der Waals surface area contributed by atoms with Gasteiger partial charge in [0.05, 0.1) is 13.7 Å². The Morgan fingerprint density at radius 3 is 2.61 bits per heavy atom. The molecule has 0 aliphatic carbocycles. The monoisotopic (exact) mass is 319 g/mol. The van der Waals surface area contributed by atoms with Crippen molar-refractivity contribution < 1.29 is 9.53 Å². The largest absolute Gasteiger partial charge is 0.497 e. The van der Waals surface area contributed by atoms with Crippen molar-refractivity contribution in [3.8, 4) is 5.75 Å². The molecule has 23 heavy (non-hydrogen) atoms. The van der Waals surface area contributed by atoms with Gasteiger partial charge in [0.15, 0.2) is 0 Å². The van der Waals surface area contributed by atoms with Crippen molar-refractivity contribution >= 4 is 5.91 Å². The third-order valence-electron chi connectivity index (χ3n) is 4.75. The summed E-state index contributed by atoms with van der Waals surface area (Å²) in [5.41, 5.74) is 7.32. The summed E-state index contributed by atoms with van der Waals surface area (Å²) in [4.78, 5) is 16.5. The van der Waals surface area contributed by atoms with Gasteiger partial charge in [-0.1, -0.05) is 26.0 Å². The van der Waals surface area contributed by atoms with Crippen molar-refractivity contribution in [3.05, 3.63) is 29.8 Å². The van der Waals surface area contributed by atoms with Crippen LogP contribution in [0.4, 0.5) is 0 Å². The fraction of sp³-hybridized carbons (Fsp3) is 0.611. The zero-order chi connectivity index (χ0) is 17.0. The molecule has 0 bridgehead atoms. The molecule has 2 rings (SSSR count). The lowest BCUT2D eigenvalue weighted by atomic mass is 9.80. The number of likely N-dealkylation sites (tertiary alicyclic amines) is 1. The number of rotatable bonds is 5. The Labute approximate surface area is 139 Å². The molecule has 0 saturated carbocycles. The van der Waals surface area contributed by atoms with Gasteiger partial charge in [-0.2, -0.15) is 0 Å². The van der Waals surface area contributed by atoms with Crippen LogP contribution in [0.15, 0.2) is 24.3 Å². The van der Waals surface area contributed by atoms with E-state index in [4.69, 9.17) is 10.5 Å². The second kappa shape index (κ2) is 7.32. The van der Waals surface area contributed by atoms with Crippen LogP contribution in [-0.2, 0) is 11.3 Å². The molecule has 2 N–H and O–H groups in total. The Morgan fingerprint density at radius 2 is 2.04 bits per heavy atom. The first-order valence-corrected chi connectivity index (χ1v) is 8.16. The Balaban J connectivity index is 1.87. The van der Waals surface area contributed by atoms with E-state index in [0.29, 0.717) is 13.1 Å². The van der Waals surface area contributed by atoms with Gasteiger partial charge >= 0.3 is 0 Å². The average molecular weight is 319 g/mol. The topological polar surface area (TPSA) is 58.8 Å². The number of piperidine rings is 1. The molecule has 0 aromatic heterocycles. The number of carbonyl (C=O) groups is 1. The van der Waals surface area contributed by atoms with Gasteiger partial charge < -0.3 is 15.4 Å². The molecule has 1 aromatic rings. The van der Waals surface area contributed by atoms with E-state index in [1.807, 2.05) is 31.3 Å². The number of benzene rings is 1. The number of nitrogens with two attached hydrogens (primary N) is 1. The van der Waals surface area contributed by atoms with Crippen molar-refractivity contribution in [2.75, 3.05) is 33.8 Å². The van der Waals surface area contributed by atoms with E-state index in [0.717, 1.165) is 30.8 Å². The first kappa shape index (κ1) is 17.8. The third kappa shape index (κ3) is 4.69. The smallest absolute Gasteiger partial charge is 0.236 e. The van der Waals surface area contributed by atoms with Crippen molar-refractivity contribution in [3.63, 3.8) is 0 Å². The van der Waals surface area contributed by atoms with Gasteiger partial charge in [0.25, 0.3) is 0 Å². The number of methoxy groups -OCH3 is 1. The fourth-order valence-corrected chi connectivity index (χ4v) is 3.02. The normalized spacial score (nSPS) is 21.0. The number of hydrogen-bond donors (Lipinski definition) is 1. The van der Waals surface area contributed by atoms with Gasteiger partial charge in [-0.15, -0.1) is 0 Å². The van der Waals surface area contributed by atoms with E-state index in [9.17, 15) is 4.79 Å².